The van der Waals surface area contributed by atoms with E-state index in [1.807, 2.05) is 12.3 Å². The van der Waals surface area contributed by atoms with Crippen molar-refractivity contribution in [2.45, 2.75) is 0 Å². The largest absolute Gasteiger partial charge is 0.256 e. The molecule has 44 heavy (non-hydrogen) atoms. The van der Waals surface area contributed by atoms with Gasteiger partial charge in [0, 0.05) is 17.0 Å². The number of fused-ring (bicyclic) bond motifs is 7. The molecule has 1 heterocycles. The molecular weight excluding hydrogens is 530 g/mol. The van der Waals surface area contributed by atoms with Gasteiger partial charge in [-0.05, 0) is 89.3 Å². The van der Waals surface area contributed by atoms with Crippen LogP contribution in [0.25, 0.3) is 87.4 Å². The lowest BCUT2D eigenvalue weighted by atomic mass is 9.83. The molecule has 0 saturated heterocycles. The second kappa shape index (κ2) is 9.90. The molecule has 1 aromatic heterocycles. The number of rotatable bonds is 3. The maximum atomic E-state index is 4.97. The fraction of sp³-hybridized carbons (Fsp3) is 0. The van der Waals surface area contributed by atoms with Crippen LogP contribution in [0.1, 0.15) is 0 Å². The zero-order valence-electron chi connectivity index (χ0n) is 24.0. The van der Waals surface area contributed by atoms with Crippen LogP contribution in [-0.4, -0.2) is 4.98 Å². The van der Waals surface area contributed by atoms with Crippen LogP contribution in [0, 0.1) is 0 Å². The van der Waals surface area contributed by atoms with Crippen molar-refractivity contribution in [3.63, 3.8) is 0 Å². The van der Waals surface area contributed by atoms with E-state index in [1.54, 1.807) is 0 Å². The van der Waals surface area contributed by atoms with Crippen molar-refractivity contribution in [2.24, 2.45) is 0 Å². The third kappa shape index (κ3) is 3.76. The molecule has 1 nitrogen and oxygen atoms in total. The normalized spacial score (nSPS) is 11.6. The lowest BCUT2D eigenvalue weighted by molar-refractivity contribution is 1.43. The van der Waals surface area contributed by atoms with Gasteiger partial charge in [0.15, 0.2) is 0 Å². The van der Waals surface area contributed by atoms with Crippen molar-refractivity contribution in [2.75, 3.05) is 0 Å². The Balaban J connectivity index is 1.48. The molecule has 0 amide bonds. The van der Waals surface area contributed by atoms with E-state index < -0.39 is 0 Å². The summed E-state index contributed by atoms with van der Waals surface area (Å²) in [4.78, 5) is 4.97. The molecule has 0 aliphatic carbocycles. The first kappa shape index (κ1) is 24.8. The van der Waals surface area contributed by atoms with Gasteiger partial charge < -0.3 is 0 Å². The predicted molar refractivity (Wildman–Crippen MR) is 188 cm³/mol. The minimum atomic E-state index is 1.03. The fourth-order valence-electron chi connectivity index (χ4n) is 7.14. The van der Waals surface area contributed by atoms with Crippen molar-refractivity contribution in [1.29, 1.82) is 0 Å². The summed E-state index contributed by atoms with van der Waals surface area (Å²) >= 11 is 0. The summed E-state index contributed by atoms with van der Waals surface area (Å²) in [5, 5.41) is 11.1. The molecule has 0 atom stereocenters. The first-order chi connectivity index (χ1) is 21.8. The van der Waals surface area contributed by atoms with Crippen molar-refractivity contribution < 1.29 is 0 Å². The topological polar surface area (TPSA) is 12.9 Å². The van der Waals surface area contributed by atoms with Crippen LogP contribution in [-0.2, 0) is 0 Å². The number of nitrogens with zero attached hydrogens (tertiary/aromatic N) is 1. The first-order valence-electron chi connectivity index (χ1n) is 15.1. The van der Waals surface area contributed by atoms with Gasteiger partial charge in [0.05, 0.1) is 5.52 Å². The summed E-state index contributed by atoms with van der Waals surface area (Å²) in [5.41, 5.74) is 8.38. The first-order valence-corrected chi connectivity index (χ1v) is 15.1. The third-order valence-corrected chi connectivity index (χ3v) is 9.06. The molecule has 1 heteroatoms. The van der Waals surface area contributed by atoms with Crippen molar-refractivity contribution in [1.82, 2.24) is 4.98 Å². The van der Waals surface area contributed by atoms with E-state index in [1.165, 1.54) is 76.5 Å². The average Bonchev–Trinajstić information content (AvgIpc) is 3.10. The molecule has 9 rings (SSSR count). The molecule has 0 aliphatic rings. The quantitative estimate of drug-likeness (QED) is 0.155. The summed E-state index contributed by atoms with van der Waals surface area (Å²) in [6.07, 6.45) is 1.91. The monoisotopic (exact) mass is 557 g/mol. The Morgan fingerprint density at radius 3 is 1.77 bits per heavy atom. The number of hydrogen-bond donors (Lipinski definition) is 0. The summed E-state index contributed by atoms with van der Waals surface area (Å²) in [5.74, 6) is 0. The molecule has 9 aromatic rings. The molecule has 204 valence electrons. The number of hydrogen-bond acceptors (Lipinski definition) is 1. The Kier molecular flexibility index (Phi) is 5.57. The lowest BCUT2D eigenvalue weighted by Gasteiger charge is -2.20. The second-order valence-corrected chi connectivity index (χ2v) is 11.5. The summed E-state index contributed by atoms with van der Waals surface area (Å²) < 4.78 is 0. The minimum absolute atomic E-state index is 1.03. The van der Waals surface area contributed by atoms with Gasteiger partial charge in [0.25, 0.3) is 0 Å². The van der Waals surface area contributed by atoms with Gasteiger partial charge in [-0.1, -0.05) is 140 Å². The highest BCUT2D eigenvalue weighted by Gasteiger charge is 2.20. The highest BCUT2D eigenvalue weighted by atomic mass is 14.6. The highest BCUT2D eigenvalue weighted by molar-refractivity contribution is 6.27. The molecule has 0 fully saturated rings. The number of benzene rings is 8. The van der Waals surface area contributed by atoms with Crippen LogP contribution in [0.4, 0.5) is 0 Å². The van der Waals surface area contributed by atoms with Crippen molar-refractivity contribution >= 4 is 54.0 Å². The molecule has 0 spiro atoms. The predicted octanol–water partition coefficient (Wildman–Crippen LogP) is 11.8. The SMILES string of the molecule is c1ccc(-c2c3cc(-c4cc5ccccc5c5ccccc45)ccc3c(-c3ccccc3)c3c2ccc2cccnc23)cc1. The molecule has 0 N–H and O–H groups in total. The van der Waals surface area contributed by atoms with Crippen molar-refractivity contribution in [3.8, 4) is 33.4 Å². The highest BCUT2D eigenvalue weighted by Crippen LogP contribution is 2.47. The molecule has 0 unspecified atom stereocenters. The maximum Gasteiger partial charge on any atom is 0.0786 e. The standard InChI is InChI=1S/C43H27N/c1-3-12-28(13-4-1)40-37-24-21-30-17-11-25-44-43(30)42(37)41(29-14-5-2-6-15-29)36-23-22-32(27-39(36)40)38-26-31-16-7-8-18-33(31)34-19-9-10-20-35(34)38/h1-27H. The molecule has 0 bridgehead atoms. The number of aromatic nitrogens is 1. The maximum absolute atomic E-state index is 4.97. The van der Waals surface area contributed by atoms with Crippen LogP contribution in [0.3, 0.4) is 0 Å². The Labute approximate surface area is 255 Å². The number of pyridine rings is 1. The van der Waals surface area contributed by atoms with Gasteiger partial charge in [-0.15, -0.1) is 0 Å². The molecular formula is C43H27N. The van der Waals surface area contributed by atoms with E-state index in [0.717, 1.165) is 10.9 Å². The van der Waals surface area contributed by atoms with E-state index in [0.29, 0.717) is 0 Å². The molecule has 0 aliphatic heterocycles. The average molecular weight is 558 g/mol. The van der Waals surface area contributed by atoms with Gasteiger partial charge in [0.2, 0.25) is 0 Å². The van der Waals surface area contributed by atoms with Crippen LogP contribution in [0.5, 0.6) is 0 Å². The van der Waals surface area contributed by atoms with E-state index in [-0.39, 0.29) is 0 Å². The zero-order chi connectivity index (χ0) is 29.0. The van der Waals surface area contributed by atoms with Gasteiger partial charge in [-0.25, -0.2) is 0 Å². The summed E-state index contributed by atoms with van der Waals surface area (Å²) in [6, 6.07) is 57.3. The van der Waals surface area contributed by atoms with Crippen molar-refractivity contribution in [3.05, 3.63) is 164 Å². The zero-order valence-corrected chi connectivity index (χ0v) is 24.0. The van der Waals surface area contributed by atoms with Crippen LogP contribution >= 0.6 is 0 Å². The van der Waals surface area contributed by atoms with Crippen LogP contribution in [0.2, 0.25) is 0 Å². The van der Waals surface area contributed by atoms with Gasteiger partial charge in [-0.3, -0.25) is 4.98 Å². The fourth-order valence-corrected chi connectivity index (χ4v) is 7.14. The van der Waals surface area contributed by atoms with Gasteiger partial charge in [0.1, 0.15) is 0 Å². The molecule has 0 saturated carbocycles. The lowest BCUT2D eigenvalue weighted by Crippen LogP contribution is -1.94. The smallest absolute Gasteiger partial charge is 0.0786 e. The third-order valence-electron chi connectivity index (χ3n) is 9.06. The molecule has 0 radical (unpaired) electrons. The molecule has 8 aromatic carbocycles. The second-order valence-electron chi connectivity index (χ2n) is 11.5. The Hall–Kier alpha value is -5.79. The van der Waals surface area contributed by atoms with Crippen LogP contribution < -0.4 is 0 Å². The van der Waals surface area contributed by atoms with E-state index in [2.05, 4.69) is 152 Å². The Bertz CT molecular complexity index is 2530. The van der Waals surface area contributed by atoms with Gasteiger partial charge in [-0.2, -0.15) is 0 Å². The van der Waals surface area contributed by atoms with E-state index in [9.17, 15) is 0 Å². The summed E-state index contributed by atoms with van der Waals surface area (Å²) in [7, 11) is 0. The Morgan fingerprint density at radius 1 is 0.341 bits per heavy atom. The minimum Gasteiger partial charge on any atom is -0.256 e. The van der Waals surface area contributed by atoms with Gasteiger partial charge >= 0.3 is 0 Å². The Morgan fingerprint density at radius 2 is 0.977 bits per heavy atom. The van der Waals surface area contributed by atoms with Crippen LogP contribution in [0.15, 0.2) is 164 Å². The van der Waals surface area contributed by atoms with E-state index in [4.69, 9.17) is 4.98 Å². The summed E-state index contributed by atoms with van der Waals surface area (Å²) in [6.45, 7) is 0. The van der Waals surface area contributed by atoms with E-state index >= 15 is 0 Å².